The van der Waals surface area contributed by atoms with Gasteiger partial charge in [0, 0.05) is 4.47 Å². The van der Waals surface area contributed by atoms with E-state index in [1.807, 2.05) is 4.68 Å². The first-order chi connectivity index (χ1) is 7.25. The van der Waals surface area contributed by atoms with Gasteiger partial charge in [-0.2, -0.15) is 5.10 Å². The normalized spacial score (nSPS) is 16.9. The maximum absolute atomic E-state index is 5.86. The smallest absolute Gasteiger partial charge is 0.131 e. The van der Waals surface area contributed by atoms with Gasteiger partial charge in [-0.1, -0.05) is 11.6 Å². The number of halogens is 2. The third kappa shape index (κ3) is 1.46. The molecule has 3 heterocycles. The fourth-order valence-electron chi connectivity index (χ4n) is 1.63. The SMILES string of the molecule is Clc1cc(Br)c2c(cnn2C2COC2)n1. The Morgan fingerprint density at radius 2 is 2.33 bits per heavy atom. The van der Waals surface area contributed by atoms with Crippen LogP contribution in [-0.2, 0) is 4.74 Å². The van der Waals surface area contributed by atoms with Crippen molar-refractivity contribution >= 4 is 38.6 Å². The summed E-state index contributed by atoms with van der Waals surface area (Å²) in [6.07, 6.45) is 1.73. The monoisotopic (exact) mass is 287 g/mol. The van der Waals surface area contributed by atoms with E-state index in [9.17, 15) is 0 Å². The molecule has 1 fully saturated rings. The summed E-state index contributed by atoms with van der Waals surface area (Å²) in [7, 11) is 0. The Labute approximate surface area is 99.3 Å². The highest BCUT2D eigenvalue weighted by Gasteiger charge is 2.24. The first kappa shape index (κ1) is 9.57. The van der Waals surface area contributed by atoms with Crippen molar-refractivity contribution in [1.29, 1.82) is 0 Å². The van der Waals surface area contributed by atoms with Crippen LogP contribution in [0.3, 0.4) is 0 Å². The standard InChI is InChI=1S/C9H7BrClN3O/c10-6-1-8(11)13-7-2-12-14(9(6)7)5-3-15-4-5/h1-2,5H,3-4H2. The molecular formula is C9H7BrClN3O. The van der Waals surface area contributed by atoms with Crippen molar-refractivity contribution in [1.82, 2.24) is 14.8 Å². The lowest BCUT2D eigenvalue weighted by atomic mass is 10.2. The van der Waals surface area contributed by atoms with Crippen molar-refractivity contribution in [3.05, 3.63) is 21.9 Å². The van der Waals surface area contributed by atoms with Crippen molar-refractivity contribution in [3.63, 3.8) is 0 Å². The number of rotatable bonds is 1. The summed E-state index contributed by atoms with van der Waals surface area (Å²) < 4.78 is 8.00. The molecule has 3 rings (SSSR count). The number of pyridine rings is 1. The summed E-state index contributed by atoms with van der Waals surface area (Å²) in [4.78, 5) is 4.21. The van der Waals surface area contributed by atoms with E-state index >= 15 is 0 Å². The van der Waals surface area contributed by atoms with Crippen LogP contribution in [0.25, 0.3) is 11.0 Å². The minimum atomic E-state index is 0.321. The van der Waals surface area contributed by atoms with E-state index in [0.29, 0.717) is 24.4 Å². The summed E-state index contributed by atoms with van der Waals surface area (Å²) in [5, 5.41) is 4.78. The van der Waals surface area contributed by atoms with Gasteiger partial charge in [-0.05, 0) is 22.0 Å². The molecule has 4 nitrogen and oxygen atoms in total. The summed E-state index contributed by atoms with van der Waals surface area (Å²) in [6, 6.07) is 2.10. The molecule has 1 aliphatic heterocycles. The van der Waals surface area contributed by atoms with Crippen LogP contribution in [0.1, 0.15) is 6.04 Å². The van der Waals surface area contributed by atoms with Crippen LogP contribution in [0.15, 0.2) is 16.7 Å². The minimum absolute atomic E-state index is 0.321. The number of ether oxygens (including phenoxy) is 1. The second kappa shape index (κ2) is 3.43. The van der Waals surface area contributed by atoms with Crippen LogP contribution in [0.5, 0.6) is 0 Å². The van der Waals surface area contributed by atoms with Gasteiger partial charge in [-0.15, -0.1) is 0 Å². The molecule has 6 heteroatoms. The van der Waals surface area contributed by atoms with Gasteiger partial charge in [0.1, 0.15) is 16.2 Å². The molecule has 15 heavy (non-hydrogen) atoms. The van der Waals surface area contributed by atoms with Crippen LogP contribution in [0.4, 0.5) is 0 Å². The van der Waals surface area contributed by atoms with E-state index in [2.05, 4.69) is 26.0 Å². The molecule has 0 radical (unpaired) electrons. The summed E-state index contributed by atoms with van der Waals surface area (Å²) in [6.45, 7) is 1.43. The van der Waals surface area contributed by atoms with Crippen LogP contribution in [-0.4, -0.2) is 28.0 Å². The van der Waals surface area contributed by atoms with E-state index in [4.69, 9.17) is 16.3 Å². The molecule has 0 aliphatic carbocycles. The summed E-state index contributed by atoms with van der Waals surface area (Å²) >= 11 is 9.33. The van der Waals surface area contributed by atoms with Gasteiger partial charge in [0.25, 0.3) is 0 Å². The third-order valence-corrected chi connectivity index (χ3v) is 3.24. The lowest BCUT2D eigenvalue weighted by Crippen LogP contribution is -2.31. The molecule has 0 spiro atoms. The van der Waals surface area contributed by atoms with E-state index in [1.54, 1.807) is 12.3 Å². The fourth-order valence-corrected chi connectivity index (χ4v) is 2.56. The predicted octanol–water partition coefficient (Wildman–Crippen LogP) is 2.42. The van der Waals surface area contributed by atoms with Gasteiger partial charge in [-0.25, -0.2) is 4.98 Å². The van der Waals surface area contributed by atoms with Crippen LogP contribution >= 0.6 is 27.5 Å². The van der Waals surface area contributed by atoms with Gasteiger partial charge in [0.05, 0.1) is 25.5 Å². The Balaban J connectivity index is 2.23. The Morgan fingerprint density at radius 3 is 3.00 bits per heavy atom. The largest absolute Gasteiger partial charge is 0.377 e. The molecule has 78 valence electrons. The molecule has 2 aromatic heterocycles. The molecule has 0 unspecified atom stereocenters. The lowest BCUT2D eigenvalue weighted by Gasteiger charge is -2.26. The van der Waals surface area contributed by atoms with Crippen LogP contribution < -0.4 is 0 Å². The van der Waals surface area contributed by atoms with Crippen molar-refractivity contribution in [2.75, 3.05) is 13.2 Å². The molecule has 0 atom stereocenters. The minimum Gasteiger partial charge on any atom is -0.377 e. The molecule has 2 aromatic rings. The second-order valence-corrected chi connectivity index (χ2v) is 4.68. The Morgan fingerprint density at radius 1 is 1.53 bits per heavy atom. The fraction of sp³-hybridized carbons (Fsp3) is 0.333. The number of hydrogen-bond acceptors (Lipinski definition) is 3. The van der Waals surface area contributed by atoms with Gasteiger partial charge in [-0.3, -0.25) is 4.68 Å². The highest BCUT2D eigenvalue weighted by atomic mass is 79.9. The van der Waals surface area contributed by atoms with Crippen molar-refractivity contribution in [2.24, 2.45) is 0 Å². The second-order valence-electron chi connectivity index (χ2n) is 3.44. The molecular weight excluding hydrogens is 281 g/mol. The van der Waals surface area contributed by atoms with E-state index < -0.39 is 0 Å². The Bertz CT molecular complexity index is 523. The highest BCUT2D eigenvalue weighted by molar-refractivity contribution is 9.10. The van der Waals surface area contributed by atoms with Crippen molar-refractivity contribution < 1.29 is 4.74 Å². The average molecular weight is 289 g/mol. The van der Waals surface area contributed by atoms with E-state index in [0.717, 1.165) is 15.5 Å². The van der Waals surface area contributed by atoms with Gasteiger partial charge in [0.15, 0.2) is 0 Å². The number of nitrogens with zero attached hydrogens (tertiary/aromatic N) is 3. The molecule has 0 saturated carbocycles. The Kier molecular flexibility index (Phi) is 2.19. The first-order valence-electron chi connectivity index (χ1n) is 4.53. The number of fused-ring (bicyclic) bond motifs is 1. The van der Waals surface area contributed by atoms with Crippen molar-refractivity contribution in [3.8, 4) is 0 Å². The predicted molar refractivity (Wildman–Crippen MR) is 60.1 cm³/mol. The molecule has 0 amide bonds. The lowest BCUT2D eigenvalue weighted by molar-refractivity contribution is -0.0267. The zero-order valence-electron chi connectivity index (χ0n) is 7.65. The zero-order chi connectivity index (χ0) is 10.4. The van der Waals surface area contributed by atoms with Crippen LogP contribution in [0, 0.1) is 0 Å². The molecule has 0 bridgehead atoms. The zero-order valence-corrected chi connectivity index (χ0v) is 9.99. The molecule has 0 aromatic carbocycles. The molecule has 0 N–H and O–H groups in total. The van der Waals surface area contributed by atoms with Gasteiger partial charge < -0.3 is 4.74 Å². The molecule has 1 aliphatic rings. The average Bonchev–Trinajstić information content (AvgIpc) is 2.45. The molecule has 1 saturated heterocycles. The van der Waals surface area contributed by atoms with Crippen molar-refractivity contribution in [2.45, 2.75) is 6.04 Å². The maximum atomic E-state index is 5.86. The number of hydrogen-bond donors (Lipinski definition) is 0. The maximum Gasteiger partial charge on any atom is 0.131 e. The summed E-state index contributed by atoms with van der Waals surface area (Å²) in [5.41, 5.74) is 1.79. The van der Waals surface area contributed by atoms with Gasteiger partial charge >= 0.3 is 0 Å². The van der Waals surface area contributed by atoms with Crippen LogP contribution in [0.2, 0.25) is 5.15 Å². The van der Waals surface area contributed by atoms with E-state index in [-0.39, 0.29) is 0 Å². The number of aromatic nitrogens is 3. The quantitative estimate of drug-likeness (QED) is 0.757. The van der Waals surface area contributed by atoms with E-state index in [1.165, 1.54) is 0 Å². The summed E-state index contributed by atoms with van der Waals surface area (Å²) in [5.74, 6) is 0. The van der Waals surface area contributed by atoms with Gasteiger partial charge in [0.2, 0.25) is 0 Å². The highest BCUT2D eigenvalue weighted by Crippen LogP contribution is 2.29. The third-order valence-electron chi connectivity index (χ3n) is 2.44. The Hall–Kier alpha value is -0.650. The topological polar surface area (TPSA) is 39.9 Å². The first-order valence-corrected chi connectivity index (χ1v) is 5.70.